The minimum Gasteiger partial charge on any atom is -0.396 e. The highest BCUT2D eigenvalue weighted by atomic mass is 16.6. The van der Waals surface area contributed by atoms with Crippen LogP contribution in [0.25, 0.3) is 0 Å². The molecule has 0 heterocycles. The molecule has 0 atom stereocenters. The third-order valence-electron chi connectivity index (χ3n) is 2.27. The molecule has 0 aromatic heterocycles. The summed E-state index contributed by atoms with van der Waals surface area (Å²) in [6, 6.07) is 8.24. The lowest BCUT2D eigenvalue weighted by atomic mass is 10.0. The van der Waals surface area contributed by atoms with Crippen LogP contribution < -0.4 is 0 Å². The van der Waals surface area contributed by atoms with Gasteiger partial charge in [0.05, 0.1) is 6.21 Å². The number of aliphatic hydroxyl groups excluding tert-OH is 1. The number of aliphatic hydroxyl groups is 1. The highest BCUT2D eigenvalue weighted by molar-refractivity contribution is 5.79. The molecule has 1 aromatic carbocycles. The van der Waals surface area contributed by atoms with Crippen LogP contribution in [-0.4, -0.2) is 24.5 Å². The third kappa shape index (κ3) is 4.45. The zero-order valence-corrected chi connectivity index (χ0v) is 9.89. The van der Waals surface area contributed by atoms with Gasteiger partial charge in [0.15, 0.2) is 0 Å². The van der Waals surface area contributed by atoms with Crippen LogP contribution in [0.15, 0.2) is 29.4 Å². The lowest BCUT2D eigenvalue weighted by Gasteiger charge is -2.04. The first-order chi connectivity index (χ1) is 7.74. The van der Waals surface area contributed by atoms with Crippen LogP contribution in [0, 0.1) is 0 Å². The predicted molar refractivity (Wildman–Crippen MR) is 65.8 cm³/mol. The van der Waals surface area contributed by atoms with Gasteiger partial charge < -0.3 is 9.94 Å². The maximum atomic E-state index is 8.53. The number of oxime groups is 1. The summed E-state index contributed by atoms with van der Waals surface area (Å²) < 4.78 is 0. The van der Waals surface area contributed by atoms with E-state index >= 15 is 0 Å². The second kappa shape index (κ2) is 7.01. The van der Waals surface area contributed by atoms with Gasteiger partial charge in [-0.1, -0.05) is 43.3 Å². The summed E-state index contributed by atoms with van der Waals surface area (Å²) >= 11 is 0. The fraction of sp³-hybridized carbons (Fsp3) is 0.462. The Kier molecular flexibility index (Phi) is 5.57. The average molecular weight is 221 g/mol. The number of benzene rings is 1. The molecule has 0 bridgehead atoms. The van der Waals surface area contributed by atoms with Gasteiger partial charge in [0, 0.05) is 13.0 Å². The predicted octanol–water partition coefficient (Wildman–Crippen LogP) is 2.54. The minimum atomic E-state index is 0.138. The summed E-state index contributed by atoms with van der Waals surface area (Å²) in [5, 5.41) is 12.4. The zero-order valence-electron chi connectivity index (χ0n) is 9.89. The molecule has 1 N–H and O–H groups in total. The third-order valence-corrected chi connectivity index (χ3v) is 2.27. The number of nitrogens with zero attached hydrogens (tertiary/aromatic N) is 1. The molecule has 3 nitrogen and oxygen atoms in total. The maximum absolute atomic E-state index is 8.53. The maximum Gasteiger partial charge on any atom is 0.119 e. The van der Waals surface area contributed by atoms with Crippen LogP contribution in [-0.2, 0) is 4.84 Å². The largest absolute Gasteiger partial charge is 0.396 e. The summed E-state index contributed by atoms with van der Waals surface area (Å²) in [5.74, 6) is 0.548. The molecule has 0 saturated carbocycles. The monoisotopic (exact) mass is 221 g/mol. The highest BCUT2D eigenvalue weighted by Crippen LogP contribution is 2.13. The smallest absolute Gasteiger partial charge is 0.119 e. The summed E-state index contributed by atoms with van der Waals surface area (Å²) in [4.78, 5) is 4.97. The van der Waals surface area contributed by atoms with E-state index in [-0.39, 0.29) is 6.61 Å². The molecule has 16 heavy (non-hydrogen) atoms. The summed E-state index contributed by atoms with van der Waals surface area (Å²) in [6.45, 7) is 4.93. The van der Waals surface area contributed by atoms with Crippen molar-refractivity contribution >= 4 is 6.21 Å². The molecular weight excluding hydrogens is 202 g/mol. The molecule has 0 amide bonds. The van der Waals surface area contributed by atoms with Gasteiger partial charge >= 0.3 is 0 Å². The lowest BCUT2D eigenvalue weighted by Crippen LogP contribution is -1.93. The topological polar surface area (TPSA) is 41.8 Å². The lowest BCUT2D eigenvalue weighted by molar-refractivity contribution is 0.125. The molecule has 0 aliphatic rings. The average Bonchev–Trinajstić information content (AvgIpc) is 2.29. The van der Waals surface area contributed by atoms with Gasteiger partial charge in [-0.3, -0.25) is 0 Å². The van der Waals surface area contributed by atoms with E-state index in [2.05, 4.69) is 31.1 Å². The molecule has 0 spiro atoms. The van der Waals surface area contributed by atoms with Crippen LogP contribution >= 0.6 is 0 Å². The molecule has 88 valence electrons. The van der Waals surface area contributed by atoms with Crippen LogP contribution in [0.4, 0.5) is 0 Å². The Bertz CT molecular complexity index is 317. The van der Waals surface area contributed by atoms with Gasteiger partial charge in [0.25, 0.3) is 0 Å². The Morgan fingerprint density at radius 2 is 2.00 bits per heavy atom. The molecule has 0 radical (unpaired) electrons. The van der Waals surface area contributed by atoms with Gasteiger partial charge in [0.2, 0.25) is 0 Å². The van der Waals surface area contributed by atoms with Crippen LogP contribution in [0.5, 0.6) is 0 Å². The molecule has 1 rings (SSSR count). The Morgan fingerprint density at radius 1 is 1.31 bits per heavy atom. The van der Waals surface area contributed by atoms with Crippen molar-refractivity contribution in [3.05, 3.63) is 35.4 Å². The molecule has 0 saturated heterocycles. The van der Waals surface area contributed by atoms with Gasteiger partial charge in [-0.2, -0.15) is 0 Å². The Morgan fingerprint density at radius 3 is 2.56 bits per heavy atom. The molecule has 3 heteroatoms. The first-order valence-corrected chi connectivity index (χ1v) is 5.60. The van der Waals surface area contributed by atoms with Crippen molar-refractivity contribution in [3.63, 3.8) is 0 Å². The molecule has 0 unspecified atom stereocenters. The van der Waals surface area contributed by atoms with Gasteiger partial charge in [0.1, 0.15) is 6.61 Å². The summed E-state index contributed by atoms with van der Waals surface area (Å²) in [7, 11) is 0. The molecular formula is C13H19NO2. The minimum absolute atomic E-state index is 0.138. The van der Waals surface area contributed by atoms with Gasteiger partial charge in [-0.05, 0) is 17.0 Å². The molecule has 1 aromatic rings. The second-order valence-electron chi connectivity index (χ2n) is 3.97. The first-order valence-electron chi connectivity index (χ1n) is 5.60. The van der Waals surface area contributed by atoms with Crippen molar-refractivity contribution in [2.24, 2.45) is 5.16 Å². The van der Waals surface area contributed by atoms with Gasteiger partial charge in [-0.15, -0.1) is 0 Å². The fourth-order valence-corrected chi connectivity index (χ4v) is 1.25. The Balaban J connectivity index is 2.42. The van der Waals surface area contributed by atoms with E-state index in [1.54, 1.807) is 6.21 Å². The van der Waals surface area contributed by atoms with Crippen molar-refractivity contribution in [2.75, 3.05) is 13.2 Å². The van der Waals surface area contributed by atoms with Crippen molar-refractivity contribution in [1.82, 2.24) is 0 Å². The highest BCUT2D eigenvalue weighted by Gasteiger charge is 1.97. The van der Waals surface area contributed by atoms with Crippen molar-refractivity contribution in [3.8, 4) is 0 Å². The van der Waals surface area contributed by atoms with E-state index < -0.39 is 0 Å². The number of rotatable bonds is 6. The van der Waals surface area contributed by atoms with Crippen LogP contribution in [0.3, 0.4) is 0 Å². The zero-order chi connectivity index (χ0) is 11.8. The van der Waals surface area contributed by atoms with Crippen molar-refractivity contribution in [2.45, 2.75) is 26.2 Å². The normalized spacial score (nSPS) is 11.2. The first kappa shape index (κ1) is 12.7. The quantitative estimate of drug-likeness (QED) is 0.455. The van der Waals surface area contributed by atoms with Crippen molar-refractivity contribution in [1.29, 1.82) is 0 Å². The fourth-order valence-electron chi connectivity index (χ4n) is 1.25. The second-order valence-corrected chi connectivity index (χ2v) is 3.97. The molecule has 0 aliphatic heterocycles. The number of hydrogen-bond donors (Lipinski definition) is 1. The SMILES string of the molecule is CC(C)c1ccc(/C=N/OCCCO)cc1. The van der Waals surface area contributed by atoms with E-state index in [0.29, 0.717) is 18.9 Å². The van der Waals surface area contributed by atoms with E-state index in [0.717, 1.165) is 5.56 Å². The summed E-state index contributed by atoms with van der Waals surface area (Å²) in [6.07, 6.45) is 2.30. The van der Waals surface area contributed by atoms with Crippen LogP contribution in [0.2, 0.25) is 0 Å². The molecule has 0 fully saturated rings. The summed E-state index contributed by atoms with van der Waals surface area (Å²) in [5.41, 5.74) is 2.34. The number of hydrogen-bond acceptors (Lipinski definition) is 3. The van der Waals surface area contributed by atoms with E-state index in [9.17, 15) is 0 Å². The van der Waals surface area contributed by atoms with Gasteiger partial charge in [-0.25, -0.2) is 0 Å². The van der Waals surface area contributed by atoms with Crippen molar-refractivity contribution < 1.29 is 9.94 Å². The van der Waals surface area contributed by atoms with E-state index in [1.807, 2.05) is 12.1 Å². The molecule has 0 aliphatic carbocycles. The Labute approximate surface area is 96.7 Å². The van der Waals surface area contributed by atoms with E-state index in [1.165, 1.54) is 5.56 Å². The van der Waals surface area contributed by atoms with E-state index in [4.69, 9.17) is 9.94 Å². The Hall–Kier alpha value is -1.35. The standard InChI is InChI=1S/C13H19NO2/c1-11(2)13-6-4-12(5-7-13)10-14-16-9-3-8-15/h4-7,10-11,15H,3,8-9H2,1-2H3/b14-10+. The van der Waals surface area contributed by atoms with Crippen LogP contribution in [0.1, 0.15) is 37.3 Å².